The third-order valence-electron chi connectivity index (χ3n) is 11.6. The highest BCUT2D eigenvalue weighted by Gasteiger charge is 2.26. The molecule has 11 aromatic rings. The first-order valence-electron chi connectivity index (χ1n) is 21.1. The molecular formula is C56H42N4OS2. The summed E-state index contributed by atoms with van der Waals surface area (Å²) in [5.74, 6) is 0.599. The molecule has 5 nitrogen and oxygen atoms in total. The molecule has 0 spiro atoms. The maximum absolute atomic E-state index is 6.27. The van der Waals surface area contributed by atoms with Gasteiger partial charge in [-0.3, -0.25) is 0 Å². The molecule has 11 rings (SSSR count). The highest BCUT2D eigenvalue weighted by molar-refractivity contribution is 7.26. The predicted octanol–water partition coefficient (Wildman–Crippen LogP) is 17.0. The van der Waals surface area contributed by atoms with Crippen LogP contribution in [0.4, 0.5) is 34.1 Å². The number of nitrogens with zero attached hydrogens (tertiary/aromatic N) is 4. The number of para-hydroxylation sites is 4. The number of hydrogen-bond donors (Lipinski definition) is 0. The molecule has 0 fully saturated rings. The van der Waals surface area contributed by atoms with Crippen LogP contribution in [0.3, 0.4) is 0 Å². The van der Waals surface area contributed by atoms with Gasteiger partial charge >= 0.3 is 0 Å². The van der Waals surface area contributed by atoms with E-state index in [1.807, 2.05) is 47.7 Å². The van der Waals surface area contributed by atoms with E-state index in [0.717, 1.165) is 72.4 Å². The molecule has 3 aromatic heterocycles. The van der Waals surface area contributed by atoms with Crippen LogP contribution < -0.4 is 9.80 Å². The van der Waals surface area contributed by atoms with E-state index in [9.17, 15) is 0 Å². The number of aromatic nitrogens is 2. The summed E-state index contributed by atoms with van der Waals surface area (Å²) in [5.41, 5.74) is 13.3. The zero-order valence-corrected chi connectivity index (χ0v) is 36.8. The van der Waals surface area contributed by atoms with Gasteiger partial charge < -0.3 is 14.2 Å². The van der Waals surface area contributed by atoms with E-state index < -0.39 is 0 Å². The molecule has 0 amide bonds. The number of thiophene rings is 1. The fourth-order valence-corrected chi connectivity index (χ4v) is 11.0. The van der Waals surface area contributed by atoms with Crippen LogP contribution in [0.15, 0.2) is 193 Å². The molecular weight excluding hydrogens is 809 g/mol. The van der Waals surface area contributed by atoms with Gasteiger partial charge in [-0.1, -0.05) is 106 Å². The summed E-state index contributed by atoms with van der Waals surface area (Å²) in [6.07, 6.45) is 1.91. The van der Waals surface area contributed by atoms with Crippen LogP contribution in [0.2, 0.25) is 0 Å². The molecule has 3 heterocycles. The first kappa shape index (κ1) is 38.6. The Kier molecular flexibility index (Phi) is 9.52. The second-order valence-corrected chi connectivity index (χ2v) is 18.8. The third-order valence-corrected chi connectivity index (χ3v) is 13.9. The zero-order valence-electron chi connectivity index (χ0n) is 35.1. The lowest BCUT2D eigenvalue weighted by molar-refractivity contribution is 0.597. The average Bonchev–Trinajstić information content (AvgIpc) is 4.05. The van der Waals surface area contributed by atoms with E-state index in [2.05, 4.69) is 189 Å². The summed E-state index contributed by atoms with van der Waals surface area (Å²) in [5, 5.41) is 3.45. The maximum atomic E-state index is 6.27. The van der Waals surface area contributed by atoms with E-state index in [1.54, 1.807) is 11.3 Å². The second kappa shape index (κ2) is 15.5. The molecule has 8 aromatic carbocycles. The summed E-state index contributed by atoms with van der Waals surface area (Å²) >= 11 is 3.59. The highest BCUT2D eigenvalue weighted by atomic mass is 32.1. The van der Waals surface area contributed by atoms with Crippen molar-refractivity contribution in [2.24, 2.45) is 0 Å². The Bertz CT molecular complexity index is 3420. The molecule has 0 saturated heterocycles. The topological polar surface area (TPSA) is 45.4 Å². The Morgan fingerprint density at radius 3 is 2.00 bits per heavy atom. The highest BCUT2D eigenvalue weighted by Crippen LogP contribution is 2.50. The van der Waals surface area contributed by atoms with Crippen LogP contribution in [0.25, 0.3) is 69.6 Å². The fraction of sp³-hybridized carbons (Fsp3) is 0.0714. The van der Waals surface area contributed by atoms with E-state index in [0.29, 0.717) is 5.89 Å². The van der Waals surface area contributed by atoms with Gasteiger partial charge in [0.1, 0.15) is 10.5 Å². The maximum Gasteiger partial charge on any atom is 0.227 e. The van der Waals surface area contributed by atoms with Crippen molar-refractivity contribution in [2.75, 3.05) is 9.80 Å². The number of oxazole rings is 1. The van der Waals surface area contributed by atoms with Gasteiger partial charge in [0.05, 0.1) is 15.9 Å². The molecule has 0 aliphatic carbocycles. The van der Waals surface area contributed by atoms with Crippen LogP contribution in [0.5, 0.6) is 0 Å². The molecule has 0 aliphatic heterocycles. The van der Waals surface area contributed by atoms with Crippen molar-refractivity contribution >= 4 is 104 Å². The van der Waals surface area contributed by atoms with Crippen LogP contribution in [-0.4, -0.2) is 9.97 Å². The normalized spacial score (nSPS) is 11.8. The van der Waals surface area contributed by atoms with E-state index >= 15 is 0 Å². The van der Waals surface area contributed by atoms with Gasteiger partial charge in [-0.15, -0.1) is 22.7 Å². The van der Waals surface area contributed by atoms with Gasteiger partial charge in [-0.2, -0.15) is 0 Å². The Morgan fingerprint density at radius 2 is 1.22 bits per heavy atom. The summed E-state index contributed by atoms with van der Waals surface area (Å²) in [4.78, 5) is 14.5. The minimum Gasteiger partial charge on any atom is -0.436 e. The predicted molar refractivity (Wildman–Crippen MR) is 269 cm³/mol. The minimum atomic E-state index is -0.0902. The molecule has 0 bridgehead atoms. The number of rotatable bonds is 9. The fourth-order valence-electron chi connectivity index (χ4n) is 8.53. The van der Waals surface area contributed by atoms with Crippen LogP contribution >= 0.6 is 22.7 Å². The Balaban J connectivity index is 1.08. The number of hydrogen-bond acceptors (Lipinski definition) is 7. The Labute approximate surface area is 374 Å². The third kappa shape index (κ3) is 7.05. The monoisotopic (exact) mass is 850 g/mol. The summed E-state index contributed by atoms with van der Waals surface area (Å²) < 4.78 is 9.96. The molecule has 0 atom stereocenters. The lowest BCUT2D eigenvalue weighted by Gasteiger charge is -2.28. The largest absolute Gasteiger partial charge is 0.436 e. The first-order chi connectivity index (χ1) is 30.8. The van der Waals surface area contributed by atoms with E-state index in [4.69, 9.17) is 14.4 Å². The number of benzene rings is 8. The van der Waals surface area contributed by atoms with Crippen molar-refractivity contribution in [3.05, 3.63) is 200 Å². The van der Waals surface area contributed by atoms with Gasteiger partial charge in [0, 0.05) is 59.7 Å². The van der Waals surface area contributed by atoms with E-state index in [-0.39, 0.29) is 5.41 Å². The van der Waals surface area contributed by atoms with Crippen molar-refractivity contribution < 1.29 is 4.42 Å². The lowest BCUT2D eigenvalue weighted by Crippen LogP contribution is -2.14. The van der Waals surface area contributed by atoms with Crippen LogP contribution in [0, 0.1) is 0 Å². The van der Waals surface area contributed by atoms with Crippen molar-refractivity contribution in [1.29, 1.82) is 0 Å². The van der Waals surface area contributed by atoms with Crippen molar-refractivity contribution in [3.8, 4) is 22.0 Å². The number of fused-ring (bicyclic) bond motifs is 5. The van der Waals surface area contributed by atoms with Crippen molar-refractivity contribution in [1.82, 2.24) is 9.97 Å². The summed E-state index contributed by atoms with van der Waals surface area (Å²) in [6, 6.07) is 64.4. The van der Waals surface area contributed by atoms with Crippen molar-refractivity contribution in [2.45, 2.75) is 26.2 Å². The van der Waals surface area contributed by atoms with Gasteiger partial charge in [0.2, 0.25) is 5.89 Å². The molecule has 0 radical (unpaired) electrons. The lowest BCUT2D eigenvalue weighted by atomic mass is 9.85. The molecule has 0 saturated carbocycles. The molecule has 63 heavy (non-hydrogen) atoms. The molecule has 304 valence electrons. The quantitative estimate of drug-likeness (QED) is 0.145. The van der Waals surface area contributed by atoms with Gasteiger partial charge in [0.25, 0.3) is 0 Å². The SMILES string of the molecule is C=Cc1cccc(N(c2ccc(-c3nc4ccccc4s3)cc2)c2ccc3c(c2)sc2c(C(C)(C)C)ccc(N(c4ccccc4)c4cccc(-c5nc6ccccc6o5)c4)c23)c1. The van der Waals surface area contributed by atoms with Gasteiger partial charge in [0.15, 0.2) is 5.58 Å². The first-order valence-corrected chi connectivity index (χ1v) is 22.7. The van der Waals surface area contributed by atoms with E-state index in [1.165, 1.54) is 30.4 Å². The standard InChI is InChI=1S/C56H42N4OS2/c1-5-36-15-13-19-41(33-36)59(40-27-25-37(26-28-40)55-58-47-22-10-12-24-50(47)63-55)43-29-30-44-51(35-43)62-53-45(56(2,3)4)31-32-48(52(44)53)60(39-17-7-6-8-18-39)42-20-14-16-38(34-42)54-57-46-21-9-11-23-49(46)61-54/h5-35H,1H2,2-4H3. The minimum absolute atomic E-state index is 0.0902. The number of anilines is 6. The van der Waals surface area contributed by atoms with Gasteiger partial charge in [-0.25, -0.2) is 9.97 Å². The molecule has 0 unspecified atom stereocenters. The second-order valence-electron chi connectivity index (χ2n) is 16.7. The Morgan fingerprint density at radius 1 is 0.540 bits per heavy atom. The van der Waals surface area contributed by atoms with Crippen LogP contribution in [0.1, 0.15) is 31.9 Å². The summed E-state index contributed by atoms with van der Waals surface area (Å²) in [7, 11) is 0. The summed E-state index contributed by atoms with van der Waals surface area (Å²) in [6.45, 7) is 11.0. The molecule has 0 aliphatic rings. The zero-order chi connectivity index (χ0) is 42.7. The number of thiazole rings is 1. The van der Waals surface area contributed by atoms with Crippen molar-refractivity contribution in [3.63, 3.8) is 0 Å². The Hall–Kier alpha value is -7.32. The smallest absolute Gasteiger partial charge is 0.227 e. The van der Waals surface area contributed by atoms with Crippen LogP contribution in [-0.2, 0) is 5.41 Å². The van der Waals surface area contributed by atoms with Gasteiger partial charge in [-0.05, 0) is 126 Å². The molecule has 7 heteroatoms. The molecule has 0 N–H and O–H groups in total. The average molecular weight is 851 g/mol.